The van der Waals surface area contributed by atoms with Gasteiger partial charge in [-0.3, -0.25) is 9.59 Å². The summed E-state index contributed by atoms with van der Waals surface area (Å²) < 4.78 is 16.8. The van der Waals surface area contributed by atoms with Crippen molar-refractivity contribution >= 4 is 11.8 Å². The van der Waals surface area contributed by atoms with Crippen molar-refractivity contribution in [2.75, 3.05) is 21.3 Å². The van der Waals surface area contributed by atoms with Gasteiger partial charge in [0, 0.05) is 32.5 Å². The molecule has 4 fully saturated rings. The van der Waals surface area contributed by atoms with E-state index >= 15 is 0 Å². The number of methoxy groups -OCH3 is 3. The zero-order chi connectivity index (χ0) is 23.3. The molecule has 0 radical (unpaired) electrons. The molecule has 0 N–H and O–H groups in total. The van der Waals surface area contributed by atoms with Gasteiger partial charge in [0.1, 0.15) is 5.78 Å². The molecular weight excluding hydrogens is 404 g/mol. The molecule has 5 nitrogen and oxygen atoms in total. The lowest BCUT2D eigenvalue weighted by molar-refractivity contribution is -0.187. The van der Waals surface area contributed by atoms with Crippen LogP contribution < -0.4 is 0 Å². The second kappa shape index (κ2) is 9.02. The Hall–Kier alpha value is -0.940. The smallest absolute Gasteiger partial charge is 0.305 e. The van der Waals surface area contributed by atoms with Crippen LogP contribution in [0.4, 0.5) is 0 Å². The predicted octanol–water partition coefficient (Wildman–Crippen LogP) is 5.05. The highest BCUT2D eigenvalue weighted by Crippen LogP contribution is 2.67. The maximum Gasteiger partial charge on any atom is 0.305 e. The van der Waals surface area contributed by atoms with E-state index in [1.54, 1.807) is 0 Å². The first-order valence-electron chi connectivity index (χ1n) is 12.9. The molecule has 0 aromatic heterocycles. The van der Waals surface area contributed by atoms with Crippen LogP contribution in [0.3, 0.4) is 0 Å². The molecule has 32 heavy (non-hydrogen) atoms. The van der Waals surface area contributed by atoms with Crippen LogP contribution in [-0.4, -0.2) is 45.3 Å². The van der Waals surface area contributed by atoms with E-state index in [-0.39, 0.29) is 22.9 Å². The molecule has 4 rings (SSSR count). The van der Waals surface area contributed by atoms with Gasteiger partial charge in [-0.1, -0.05) is 20.8 Å². The van der Waals surface area contributed by atoms with Gasteiger partial charge in [-0.2, -0.15) is 0 Å². The summed E-state index contributed by atoms with van der Waals surface area (Å²) in [5.41, 5.74) is -0.0826. The number of rotatable bonds is 6. The number of hydrogen-bond acceptors (Lipinski definition) is 5. The molecule has 0 aliphatic heterocycles. The van der Waals surface area contributed by atoms with Crippen LogP contribution >= 0.6 is 0 Å². The monoisotopic (exact) mass is 448 g/mol. The lowest BCUT2D eigenvalue weighted by atomic mass is 9.43. The zero-order valence-electron chi connectivity index (χ0n) is 21.0. The highest BCUT2D eigenvalue weighted by Gasteiger charge is 2.66. The lowest BCUT2D eigenvalue weighted by Crippen LogP contribution is -2.61. The average Bonchev–Trinajstić information content (AvgIpc) is 3.15. The second-order valence-corrected chi connectivity index (χ2v) is 11.8. The van der Waals surface area contributed by atoms with Gasteiger partial charge in [0.25, 0.3) is 0 Å². The fourth-order valence-electron chi connectivity index (χ4n) is 8.93. The molecular formula is C27H44O5. The Bertz CT molecular complexity index is 721. The van der Waals surface area contributed by atoms with Gasteiger partial charge in [0.2, 0.25) is 0 Å². The van der Waals surface area contributed by atoms with E-state index in [9.17, 15) is 9.59 Å². The molecule has 0 amide bonds. The van der Waals surface area contributed by atoms with Crippen molar-refractivity contribution in [3.05, 3.63) is 0 Å². The van der Waals surface area contributed by atoms with Crippen LogP contribution in [0.1, 0.15) is 78.6 Å². The van der Waals surface area contributed by atoms with E-state index in [0.29, 0.717) is 60.2 Å². The summed E-state index contributed by atoms with van der Waals surface area (Å²) in [5, 5.41) is 0. The third-order valence-electron chi connectivity index (χ3n) is 10.9. The third kappa shape index (κ3) is 3.66. The first-order chi connectivity index (χ1) is 15.2. The molecule has 0 spiro atoms. The molecule has 10 atom stereocenters. The van der Waals surface area contributed by atoms with E-state index in [1.807, 2.05) is 14.2 Å². The summed E-state index contributed by atoms with van der Waals surface area (Å²) in [6, 6.07) is 0. The van der Waals surface area contributed by atoms with Crippen molar-refractivity contribution in [2.45, 2.75) is 90.8 Å². The minimum Gasteiger partial charge on any atom is -0.469 e. The van der Waals surface area contributed by atoms with Crippen LogP contribution in [0.2, 0.25) is 0 Å². The standard InChI is InChI=1S/C27H44O5/c1-16(7-10-24(29)32-6)19-8-9-20-25-21(15-23(28)27(19,20)3)26(2)12-11-18(30-4)13-17(26)14-22(25)31-5/h16-22,25H,7-15H2,1-6H3/t16-,17+,18-,19-,20+,21+,22-,25+,26+,27-/m1/s1. The molecule has 0 aromatic carbocycles. The van der Waals surface area contributed by atoms with Crippen LogP contribution in [0.5, 0.6) is 0 Å². The quantitative estimate of drug-likeness (QED) is 0.532. The molecule has 0 bridgehead atoms. The highest BCUT2D eigenvalue weighted by molar-refractivity contribution is 5.87. The highest BCUT2D eigenvalue weighted by atomic mass is 16.5. The summed E-state index contributed by atoms with van der Waals surface area (Å²) in [6.07, 6.45) is 9.16. The van der Waals surface area contributed by atoms with E-state index in [2.05, 4.69) is 20.8 Å². The SMILES string of the molecule is COC(=O)CC[C@@H](C)[C@H]1CC[C@H]2[C@@H]3[C@H](OC)C[C@@H]4C[C@H](OC)CC[C@]4(C)[C@H]3CC(=O)[C@]12C. The molecule has 5 heteroatoms. The summed E-state index contributed by atoms with van der Waals surface area (Å²) in [5.74, 6) is 2.85. The number of esters is 1. The van der Waals surface area contributed by atoms with Crippen LogP contribution in [0.15, 0.2) is 0 Å². The maximum absolute atomic E-state index is 13.9. The topological polar surface area (TPSA) is 61.8 Å². The molecule has 0 aromatic rings. The Morgan fingerprint density at radius 3 is 2.47 bits per heavy atom. The molecule has 4 aliphatic rings. The van der Waals surface area contributed by atoms with E-state index in [1.165, 1.54) is 7.11 Å². The lowest BCUT2D eigenvalue weighted by Gasteiger charge is -2.62. The van der Waals surface area contributed by atoms with Crippen LogP contribution in [0.25, 0.3) is 0 Å². The number of carbonyl (C=O) groups excluding carboxylic acids is 2. The number of fused-ring (bicyclic) bond motifs is 5. The van der Waals surface area contributed by atoms with Gasteiger partial charge in [-0.15, -0.1) is 0 Å². The normalized spacial score (nSPS) is 46.7. The maximum atomic E-state index is 13.9. The van der Waals surface area contributed by atoms with Gasteiger partial charge < -0.3 is 14.2 Å². The van der Waals surface area contributed by atoms with Gasteiger partial charge >= 0.3 is 5.97 Å². The summed E-state index contributed by atoms with van der Waals surface area (Å²) in [4.78, 5) is 25.7. The van der Waals surface area contributed by atoms with Crippen LogP contribution in [-0.2, 0) is 23.8 Å². The third-order valence-corrected chi connectivity index (χ3v) is 10.9. The fourth-order valence-corrected chi connectivity index (χ4v) is 8.93. The van der Waals surface area contributed by atoms with Crippen molar-refractivity contribution in [3.8, 4) is 0 Å². The molecule has 182 valence electrons. The Labute approximate surface area is 194 Å². The molecule has 0 unspecified atom stereocenters. The Morgan fingerprint density at radius 2 is 1.81 bits per heavy atom. The number of Topliss-reactive ketones (excluding diaryl/α,β-unsaturated/α-hetero) is 1. The van der Waals surface area contributed by atoms with Gasteiger partial charge in [-0.05, 0) is 85.9 Å². The van der Waals surface area contributed by atoms with E-state index in [4.69, 9.17) is 14.2 Å². The number of ether oxygens (including phenoxy) is 3. The minimum atomic E-state index is -0.291. The van der Waals surface area contributed by atoms with Gasteiger partial charge in [-0.25, -0.2) is 0 Å². The van der Waals surface area contributed by atoms with E-state index in [0.717, 1.165) is 44.9 Å². The van der Waals surface area contributed by atoms with Crippen molar-refractivity contribution in [1.82, 2.24) is 0 Å². The molecule has 4 saturated carbocycles. The molecule has 4 aliphatic carbocycles. The first kappa shape index (κ1) is 24.2. The number of hydrogen-bond donors (Lipinski definition) is 0. The van der Waals surface area contributed by atoms with Crippen molar-refractivity contribution < 1.29 is 23.8 Å². The summed E-state index contributed by atoms with van der Waals surface area (Å²) in [6.45, 7) is 6.96. The van der Waals surface area contributed by atoms with Crippen molar-refractivity contribution in [3.63, 3.8) is 0 Å². The Kier molecular flexibility index (Phi) is 6.82. The van der Waals surface area contributed by atoms with Gasteiger partial charge in [0.05, 0.1) is 19.3 Å². The predicted molar refractivity (Wildman–Crippen MR) is 123 cm³/mol. The second-order valence-electron chi connectivity index (χ2n) is 11.8. The average molecular weight is 449 g/mol. The zero-order valence-corrected chi connectivity index (χ0v) is 21.0. The number of ketones is 1. The minimum absolute atomic E-state index is 0.149. The Morgan fingerprint density at radius 1 is 1.06 bits per heavy atom. The number of carbonyl (C=O) groups is 2. The van der Waals surface area contributed by atoms with Crippen molar-refractivity contribution in [2.24, 2.45) is 46.3 Å². The molecule has 0 saturated heterocycles. The van der Waals surface area contributed by atoms with Crippen LogP contribution in [0, 0.1) is 46.3 Å². The van der Waals surface area contributed by atoms with Crippen molar-refractivity contribution in [1.29, 1.82) is 0 Å². The van der Waals surface area contributed by atoms with Gasteiger partial charge in [0.15, 0.2) is 0 Å². The molecule has 0 heterocycles. The van der Waals surface area contributed by atoms with E-state index < -0.39 is 0 Å². The largest absolute Gasteiger partial charge is 0.469 e. The fraction of sp³-hybridized carbons (Fsp3) is 0.926. The first-order valence-corrected chi connectivity index (χ1v) is 12.9. The summed E-state index contributed by atoms with van der Waals surface area (Å²) >= 11 is 0. The Balaban J connectivity index is 1.60. The summed E-state index contributed by atoms with van der Waals surface area (Å²) in [7, 11) is 5.16.